The van der Waals surface area contributed by atoms with Gasteiger partial charge in [0.05, 0.1) is 24.4 Å². The highest BCUT2D eigenvalue weighted by Gasteiger charge is 2.55. The number of hydrogen-bond donors (Lipinski definition) is 3. The van der Waals surface area contributed by atoms with Crippen molar-refractivity contribution in [1.29, 1.82) is 0 Å². The van der Waals surface area contributed by atoms with E-state index >= 15 is 0 Å². The third-order valence-corrected chi connectivity index (χ3v) is 12.3. The number of carbonyl (C=O) groups is 4. The average Bonchev–Trinajstić information content (AvgIpc) is 4.06. The number of nitrogens with zero attached hydrogens (tertiary/aromatic N) is 2. The van der Waals surface area contributed by atoms with Crippen LogP contribution in [0.15, 0.2) is 48.6 Å². The Labute approximate surface area is 312 Å². The van der Waals surface area contributed by atoms with E-state index < -0.39 is 80.3 Å². The third kappa shape index (κ3) is 9.25. The van der Waals surface area contributed by atoms with Gasteiger partial charge < -0.3 is 20.3 Å². The summed E-state index contributed by atoms with van der Waals surface area (Å²) in [5, 5.41) is 5.20. The van der Waals surface area contributed by atoms with Gasteiger partial charge in [-0.05, 0) is 81.2 Å². The lowest BCUT2D eigenvalue weighted by atomic mass is 10.0. The molecule has 3 atom stereocenters. The molecular weight excluding hydrogens is 728 g/mol. The Balaban J connectivity index is 1.19. The molecular formula is C38H46F3N5O7S. The van der Waals surface area contributed by atoms with E-state index in [9.17, 15) is 40.8 Å². The van der Waals surface area contributed by atoms with Gasteiger partial charge in [0.1, 0.15) is 23.5 Å². The lowest BCUT2D eigenvalue weighted by Gasteiger charge is -2.30. The van der Waals surface area contributed by atoms with Gasteiger partial charge in [0.15, 0.2) is 11.6 Å². The van der Waals surface area contributed by atoms with Crippen LogP contribution >= 0.6 is 0 Å². The number of nitrogens with one attached hydrogen (secondary N) is 3. The van der Waals surface area contributed by atoms with E-state index in [0.29, 0.717) is 42.4 Å². The maximum Gasteiger partial charge on any atom is 0.410 e. The second kappa shape index (κ2) is 16.5. The number of allylic oxidation sites excluding steroid dienone is 2. The fourth-order valence-corrected chi connectivity index (χ4v) is 8.38. The molecule has 4 aliphatic rings. The van der Waals surface area contributed by atoms with E-state index in [1.807, 2.05) is 19.1 Å². The highest BCUT2D eigenvalue weighted by atomic mass is 32.2. The molecule has 0 unspecified atom stereocenters. The first-order valence-corrected chi connectivity index (χ1v) is 20.0. The molecule has 0 bridgehead atoms. The number of benzene rings is 2. The Morgan fingerprint density at radius 3 is 2.46 bits per heavy atom. The van der Waals surface area contributed by atoms with E-state index in [1.165, 1.54) is 21.9 Å². The lowest BCUT2D eigenvalue weighted by Crippen LogP contribution is -2.57. The number of halogens is 3. The van der Waals surface area contributed by atoms with Crippen LogP contribution in [0.4, 0.5) is 18.0 Å². The standard InChI is InChI=1S/C38H46F3N5O7S/c1-2-3-4-5-6-7-11-32(42-20-24-12-15-30(40)31(41)18-24)35(48)46-22-26(53-37(50)45-21-25-9-8-10-29(39)28(25)23-45)19-33(46)34(47)43-38(16-17-38)36(49)44-54(51,52)27-13-14-27/h2-3,8-10,12,15,18,26-27,32-33,42H,4-7,11,13-14,16-17,19-23H2,1H3,(H,43,47)(H,44,49)/b3-2-/t26-,32+,33+/m1/s1. The Morgan fingerprint density at radius 2 is 1.78 bits per heavy atom. The van der Waals surface area contributed by atoms with Crippen molar-refractivity contribution in [3.05, 3.63) is 82.7 Å². The fraction of sp³-hybridized carbons (Fsp3) is 0.526. The van der Waals surface area contributed by atoms with Crippen LogP contribution in [0.25, 0.3) is 0 Å². The van der Waals surface area contributed by atoms with Crippen molar-refractivity contribution in [2.45, 2.75) is 120 Å². The minimum absolute atomic E-state index is 0.00840. The van der Waals surface area contributed by atoms with Crippen molar-refractivity contribution in [3.63, 3.8) is 0 Å². The molecule has 3 fully saturated rings. The summed E-state index contributed by atoms with van der Waals surface area (Å²) in [5.41, 5.74) is -0.0455. The quantitative estimate of drug-likeness (QED) is 0.167. The van der Waals surface area contributed by atoms with Gasteiger partial charge in [-0.3, -0.25) is 24.0 Å². The highest BCUT2D eigenvalue weighted by Crippen LogP contribution is 2.38. The molecule has 2 saturated carbocycles. The van der Waals surface area contributed by atoms with Crippen LogP contribution in [0.2, 0.25) is 0 Å². The predicted octanol–water partition coefficient (Wildman–Crippen LogP) is 4.47. The van der Waals surface area contributed by atoms with Crippen LogP contribution < -0.4 is 15.4 Å². The number of fused-ring (bicyclic) bond motifs is 1. The summed E-state index contributed by atoms with van der Waals surface area (Å²) in [5.74, 6) is -4.52. The van der Waals surface area contributed by atoms with Crippen LogP contribution in [0.5, 0.6) is 0 Å². The minimum atomic E-state index is -3.88. The molecule has 4 amide bonds. The number of likely N-dealkylation sites (tertiary alicyclic amines) is 1. The summed E-state index contributed by atoms with van der Waals surface area (Å²) >= 11 is 0. The number of unbranched alkanes of at least 4 members (excludes halogenated alkanes) is 3. The summed E-state index contributed by atoms with van der Waals surface area (Å²) in [6, 6.07) is 5.95. The number of sulfonamides is 1. The molecule has 6 rings (SSSR count). The zero-order valence-electron chi connectivity index (χ0n) is 30.1. The number of carbonyl (C=O) groups excluding carboxylic acids is 4. The number of hydrogen-bond acceptors (Lipinski definition) is 8. The molecule has 0 aromatic heterocycles. The zero-order valence-corrected chi connectivity index (χ0v) is 30.9. The van der Waals surface area contributed by atoms with Gasteiger partial charge in [0.2, 0.25) is 21.8 Å². The average molecular weight is 774 g/mol. The second-order valence-electron chi connectivity index (χ2n) is 14.6. The molecule has 3 N–H and O–H groups in total. The first-order valence-electron chi connectivity index (χ1n) is 18.5. The molecule has 0 radical (unpaired) electrons. The summed E-state index contributed by atoms with van der Waals surface area (Å²) < 4.78 is 75.0. The van der Waals surface area contributed by atoms with Gasteiger partial charge in [-0.1, -0.05) is 43.2 Å². The van der Waals surface area contributed by atoms with E-state index in [1.54, 1.807) is 12.1 Å². The normalized spacial score (nSPS) is 20.8. The molecule has 2 heterocycles. The first kappa shape index (κ1) is 39.3. The molecule has 0 spiro atoms. The Bertz CT molecular complexity index is 1900. The fourth-order valence-electron chi connectivity index (χ4n) is 7.00. The number of ether oxygens (including phenoxy) is 1. The lowest BCUT2D eigenvalue weighted by molar-refractivity contribution is -0.141. The second-order valence-corrected chi connectivity index (χ2v) is 16.6. The van der Waals surface area contributed by atoms with Crippen molar-refractivity contribution < 1.29 is 45.5 Å². The largest absolute Gasteiger partial charge is 0.444 e. The van der Waals surface area contributed by atoms with Gasteiger partial charge in [-0.25, -0.2) is 26.4 Å². The molecule has 54 heavy (non-hydrogen) atoms. The van der Waals surface area contributed by atoms with Crippen LogP contribution in [0.3, 0.4) is 0 Å². The SMILES string of the molecule is C/C=C\CCCCC[C@H](NCc1ccc(F)c(F)c1)C(=O)N1C[C@H](OC(=O)N2Cc3cccc(F)c3C2)C[C@H]1C(=O)NC1(C(=O)NS(=O)(=O)C2CC2)CC1. The van der Waals surface area contributed by atoms with Gasteiger partial charge in [0.25, 0.3) is 5.91 Å². The molecule has 292 valence electrons. The smallest absolute Gasteiger partial charge is 0.410 e. The maximum atomic E-state index is 14.4. The van der Waals surface area contributed by atoms with Crippen molar-refractivity contribution >= 4 is 33.8 Å². The zero-order chi connectivity index (χ0) is 38.6. The summed E-state index contributed by atoms with van der Waals surface area (Å²) in [4.78, 5) is 57.5. The van der Waals surface area contributed by atoms with Crippen molar-refractivity contribution in [2.75, 3.05) is 6.54 Å². The number of amides is 4. The topological polar surface area (TPSA) is 154 Å². The first-order chi connectivity index (χ1) is 25.8. The molecule has 2 aromatic rings. The Hall–Kier alpha value is -4.44. The van der Waals surface area contributed by atoms with Crippen molar-refractivity contribution in [3.8, 4) is 0 Å². The Morgan fingerprint density at radius 1 is 1.00 bits per heavy atom. The van der Waals surface area contributed by atoms with E-state index in [2.05, 4.69) is 15.4 Å². The van der Waals surface area contributed by atoms with Gasteiger partial charge in [-0.2, -0.15) is 0 Å². The maximum absolute atomic E-state index is 14.4. The van der Waals surface area contributed by atoms with E-state index in [-0.39, 0.29) is 45.4 Å². The predicted molar refractivity (Wildman–Crippen MR) is 191 cm³/mol. The van der Waals surface area contributed by atoms with Crippen LogP contribution in [-0.2, 0) is 48.8 Å². The number of rotatable bonds is 16. The highest BCUT2D eigenvalue weighted by molar-refractivity contribution is 7.91. The van der Waals surface area contributed by atoms with Crippen molar-refractivity contribution in [2.24, 2.45) is 0 Å². The Kier molecular flexibility index (Phi) is 12.0. The van der Waals surface area contributed by atoms with E-state index in [4.69, 9.17) is 4.74 Å². The molecule has 2 aromatic carbocycles. The molecule has 2 aliphatic carbocycles. The summed E-state index contributed by atoms with van der Waals surface area (Å²) in [6.07, 6.45) is 7.00. The van der Waals surface area contributed by atoms with Gasteiger partial charge in [-0.15, -0.1) is 0 Å². The van der Waals surface area contributed by atoms with Crippen LogP contribution in [-0.4, -0.2) is 77.6 Å². The van der Waals surface area contributed by atoms with Crippen LogP contribution in [0, 0.1) is 17.5 Å². The van der Waals surface area contributed by atoms with Crippen molar-refractivity contribution in [1.82, 2.24) is 25.2 Å². The minimum Gasteiger partial charge on any atom is -0.444 e. The third-order valence-electron chi connectivity index (χ3n) is 10.5. The van der Waals surface area contributed by atoms with Gasteiger partial charge in [0, 0.05) is 25.1 Å². The summed E-state index contributed by atoms with van der Waals surface area (Å²) in [7, 11) is -3.88. The van der Waals surface area contributed by atoms with Gasteiger partial charge >= 0.3 is 6.09 Å². The van der Waals surface area contributed by atoms with E-state index in [0.717, 1.165) is 31.4 Å². The molecule has 2 aliphatic heterocycles. The summed E-state index contributed by atoms with van der Waals surface area (Å²) in [6.45, 7) is 1.89. The monoisotopic (exact) mass is 773 g/mol. The van der Waals surface area contributed by atoms with Crippen LogP contribution in [0.1, 0.15) is 87.8 Å². The molecule has 1 saturated heterocycles. The molecule has 12 nitrogen and oxygen atoms in total. The molecule has 16 heteroatoms.